The van der Waals surface area contributed by atoms with E-state index >= 15 is 0 Å². The van der Waals surface area contributed by atoms with Crippen molar-refractivity contribution in [2.45, 2.75) is 32.2 Å². The molecule has 0 spiro atoms. The smallest absolute Gasteiger partial charge is 0.319 e. The number of aliphatic hydroxyl groups is 1. The van der Waals surface area contributed by atoms with E-state index in [2.05, 4.69) is 10.6 Å². The quantitative estimate of drug-likeness (QED) is 0.770. The molecule has 0 heterocycles. The number of urea groups is 1. The summed E-state index contributed by atoms with van der Waals surface area (Å²) in [7, 11) is 0. The molecule has 5 heteroatoms. The summed E-state index contributed by atoms with van der Waals surface area (Å²) in [4.78, 5) is 11.8. The molecular weight excluding hydrogens is 252 g/mol. The second kappa shape index (κ2) is 6.61. The summed E-state index contributed by atoms with van der Waals surface area (Å²) >= 11 is 5.83. The second-order valence-corrected chi connectivity index (χ2v) is 4.99. The lowest BCUT2D eigenvalue weighted by molar-refractivity contribution is 0.167. The van der Waals surface area contributed by atoms with E-state index in [1.54, 1.807) is 24.3 Å². The summed E-state index contributed by atoms with van der Waals surface area (Å²) in [5.41, 5.74) is 0.0222. The number of aliphatic hydroxyl groups excluding tert-OH is 1. The zero-order valence-corrected chi connectivity index (χ0v) is 11.4. The van der Waals surface area contributed by atoms with Crippen molar-refractivity contribution in [2.75, 3.05) is 11.9 Å². The number of hydrogen-bond donors (Lipinski definition) is 3. The average Bonchev–Trinajstić information content (AvgIpc) is 2.29. The van der Waals surface area contributed by atoms with Gasteiger partial charge in [0.2, 0.25) is 0 Å². The molecule has 18 heavy (non-hydrogen) atoms. The van der Waals surface area contributed by atoms with Gasteiger partial charge in [-0.15, -0.1) is 0 Å². The number of anilines is 1. The van der Waals surface area contributed by atoms with Crippen LogP contribution in [0.1, 0.15) is 26.7 Å². The molecule has 0 aliphatic rings. The molecule has 1 atom stereocenters. The largest absolute Gasteiger partial charge is 0.394 e. The Bertz CT molecular complexity index is 412. The highest BCUT2D eigenvalue weighted by Gasteiger charge is 2.24. The van der Waals surface area contributed by atoms with Crippen molar-refractivity contribution in [3.05, 3.63) is 29.3 Å². The third-order valence-corrected chi connectivity index (χ3v) is 2.88. The molecule has 0 radical (unpaired) electrons. The minimum atomic E-state index is -0.600. The van der Waals surface area contributed by atoms with Crippen LogP contribution in [0, 0.1) is 0 Å². The highest BCUT2D eigenvalue weighted by molar-refractivity contribution is 6.30. The number of halogens is 1. The van der Waals surface area contributed by atoms with Crippen molar-refractivity contribution < 1.29 is 9.90 Å². The number of nitrogens with one attached hydrogen (secondary N) is 2. The van der Waals surface area contributed by atoms with Gasteiger partial charge in [0.1, 0.15) is 0 Å². The molecule has 100 valence electrons. The zero-order chi connectivity index (χ0) is 13.6. The molecule has 2 amide bonds. The van der Waals surface area contributed by atoms with Crippen LogP contribution < -0.4 is 10.6 Å². The maximum Gasteiger partial charge on any atom is 0.319 e. The van der Waals surface area contributed by atoms with Crippen LogP contribution in [0.4, 0.5) is 10.5 Å². The predicted octanol–water partition coefficient (Wildman–Crippen LogP) is 3.01. The minimum absolute atomic E-state index is 0.0934. The lowest BCUT2D eigenvalue weighted by atomic mass is 9.98. The lowest BCUT2D eigenvalue weighted by Gasteiger charge is -2.28. The highest BCUT2D eigenvalue weighted by atomic mass is 35.5. The van der Waals surface area contributed by atoms with Gasteiger partial charge >= 0.3 is 6.03 Å². The van der Waals surface area contributed by atoms with Crippen molar-refractivity contribution >= 4 is 23.3 Å². The number of amides is 2. The molecule has 1 aromatic rings. The number of benzene rings is 1. The Kier molecular flexibility index (Phi) is 5.44. The van der Waals surface area contributed by atoms with Gasteiger partial charge < -0.3 is 15.7 Å². The van der Waals surface area contributed by atoms with Crippen LogP contribution in [0.15, 0.2) is 24.3 Å². The minimum Gasteiger partial charge on any atom is -0.394 e. The van der Waals surface area contributed by atoms with Crippen molar-refractivity contribution in [2.24, 2.45) is 0 Å². The Labute approximate surface area is 112 Å². The van der Waals surface area contributed by atoms with Crippen molar-refractivity contribution in [1.82, 2.24) is 5.32 Å². The van der Waals surface area contributed by atoms with Crippen LogP contribution in [0.25, 0.3) is 0 Å². The van der Waals surface area contributed by atoms with Crippen molar-refractivity contribution in [1.29, 1.82) is 0 Å². The predicted molar refractivity (Wildman–Crippen MR) is 74.0 cm³/mol. The molecule has 4 nitrogen and oxygen atoms in total. The molecule has 0 saturated heterocycles. The molecule has 1 aromatic carbocycles. The lowest BCUT2D eigenvalue weighted by Crippen LogP contribution is -2.50. The van der Waals surface area contributed by atoms with Crippen LogP contribution in [-0.2, 0) is 0 Å². The first kappa shape index (κ1) is 14.8. The summed E-state index contributed by atoms with van der Waals surface area (Å²) in [5, 5.41) is 15.3. The fourth-order valence-corrected chi connectivity index (χ4v) is 1.93. The van der Waals surface area contributed by atoms with Gasteiger partial charge in [-0.25, -0.2) is 4.79 Å². The first-order chi connectivity index (χ1) is 8.49. The van der Waals surface area contributed by atoms with Gasteiger partial charge in [-0.3, -0.25) is 0 Å². The summed E-state index contributed by atoms with van der Waals surface area (Å²) in [5.74, 6) is 0. The topological polar surface area (TPSA) is 61.4 Å². The summed E-state index contributed by atoms with van der Waals surface area (Å²) in [6.07, 6.45) is 1.60. The number of carbonyl (C=O) groups excluding carboxylic acids is 1. The van der Waals surface area contributed by atoms with E-state index in [1.807, 2.05) is 13.8 Å². The third kappa shape index (κ3) is 4.55. The summed E-state index contributed by atoms with van der Waals surface area (Å²) < 4.78 is 0. The maximum atomic E-state index is 11.8. The van der Waals surface area contributed by atoms with E-state index in [9.17, 15) is 9.90 Å². The monoisotopic (exact) mass is 270 g/mol. The summed E-state index contributed by atoms with van der Waals surface area (Å²) in [6.45, 7) is 3.72. The number of carbonyl (C=O) groups is 1. The SMILES string of the molecule is CCCC(C)(CO)NC(=O)Nc1cccc(Cl)c1. The Morgan fingerprint density at radius 3 is 2.78 bits per heavy atom. The van der Waals surface area contributed by atoms with E-state index in [1.165, 1.54) is 0 Å². The molecule has 1 rings (SSSR count). The molecule has 0 fully saturated rings. The number of rotatable bonds is 5. The second-order valence-electron chi connectivity index (χ2n) is 4.56. The third-order valence-electron chi connectivity index (χ3n) is 2.65. The first-order valence-corrected chi connectivity index (χ1v) is 6.32. The van der Waals surface area contributed by atoms with E-state index < -0.39 is 5.54 Å². The fourth-order valence-electron chi connectivity index (χ4n) is 1.74. The Balaban J connectivity index is 2.61. The van der Waals surface area contributed by atoms with Gasteiger partial charge in [0, 0.05) is 10.7 Å². The summed E-state index contributed by atoms with van der Waals surface area (Å²) in [6, 6.07) is 6.57. The van der Waals surface area contributed by atoms with Gasteiger partial charge in [-0.05, 0) is 31.5 Å². The Morgan fingerprint density at radius 2 is 2.22 bits per heavy atom. The van der Waals surface area contributed by atoms with Crippen LogP contribution in [-0.4, -0.2) is 23.3 Å². The van der Waals surface area contributed by atoms with Crippen LogP contribution in [0.2, 0.25) is 5.02 Å². The van der Waals surface area contributed by atoms with Crippen LogP contribution in [0.5, 0.6) is 0 Å². The maximum absolute atomic E-state index is 11.8. The van der Waals surface area contributed by atoms with E-state index in [0.29, 0.717) is 17.1 Å². The van der Waals surface area contributed by atoms with Gasteiger partial charge in [0.15, 0.2) is 0 Å². The van der Waals surface area contributed by atoms with Gasteiger partial charge in [-0.2, -0.15) is 0 Å². The highest BCUT2D eigenvalue weighted by Crippen LogP contribution is 2.16. The van der Waals surface area contributed by atoms with Gasteiger partial charge in [-0.1, -0.05) is 31.0 Å². The average molecular weight is 271 g/mol. The Morgan fingerprint density at radius 1 is 1.50 bits per heavy atom. The Hall–Kier alpha value is -1.26. The molecule has 0 aliphatic heterocycles. The molecular formula is C13H19ClN2O2. The van der Waals surface area contributed by atoms with Gasteiger partial charge in [0.25, 0.3) is 0 Å². The molecule has 0 bridgehead atoms. The van der Waals surface area contributed by atoms with E-state index in [4.69, 9.17) is 11.6 Å². The first-order valence-electron chi connectivity index (χ1n) is 5.94. The molecule has 3 N–H and O–H groups in total. The molecule has 0 aromatic heterocycles. The standard InChI is InChI=1S/C13H19ClN2O2/c1-3-7-13(2,9-17)16-12(18)15-11-6-4-5-10(14)8-11/h4-6,8,17H,3,7,9H2,1-2H3,(H2,15,16,18). The van der Waals surface area contributed by atoms with Crippen LogP contribution >= 0.6 is 11.6 Å². The van der Waals surface area contributed by atoms with Crippen molar-refractivity contribution in [3.8, 4) is 0 Å². The number of hydrogen-bond acceptors (Lipinski definition) is 2. The van der Waals surface area contributed by atoms with Crippen LogP contribution in [0.3, 0.4) is 0 Å². The van der Waals surface area contributed by atoms with Gasteiger partial charge in [0.05, 0.1) is 12.1 Å². The molecule has 0 aliphatic carbocycles. The molecule has 1 unspecified atom stereocenters. The fraction of sp³-hybridized carbons (Fsp3) is 0.462. The normalized spacial score (nSPS) is 13.8. The zero-order valence-electron chi connectivity index (χ0n) is 10.7. The van der Waals surface area contributed by atoms with E-state index in [0.717, 1.165) is 6.42 Å². The van der Waals surface area contributed by atoms with E-state index in [-0.39, 0.29) is 12.6 Å². The van der Waals surface area contributed by atoms with Crippen molar-refractivity contribution in [3.63, 3.8) is 0 Å². The molecule has 0 saturated carbocycles.